The van der Waals surface area contributed by atoms with E-state index in [2.05, 4.69) is 48.5 Å². The van der Waals surface area contributed by atoms with Gasteiger partial charge in [0.2, 0.25) is 0 Å². The van der Waals surface area contributed by atoms with Crippen LogP contribution in [0.3, 0.4) is 0 Å². The second-order valence-electron chi connectivity index (χ2n) is 7.52. The maximum Gasteiger partial charge on any atom is 0.282 e. The summed E-state index contributed by atoms with van der Waals surface area (Å²) >= 11 is -1.09. The fraction of sp³-hybridized carbons (Fsp3) is 0.474. The summed E-state index contributed by atoms with van der Waals surface area (Å²) in [5.41, 5.74) is 1.21. The molecule has 4 heterocycles. The van der Waals surface area contributed by atoms with Gasteiger partial charge in [-0.05, 0) is 26.1 Å². The molecule has 4 rings (SSSR count). The highest BCUT2D eigenvalue weighted by Crippen LogP contribution is 2.26. The van der Waals surface area contributed by atoms with Crippen LogP contribution >= 0.6 is 0 Å². The van der Waals surface area contributed by atoms with E-state index in [0.29, 0.717) is 23.6 Å². The molecular weight excluding hydrogens is 426 g/mol. The molecule has 3 aromatic rings. The minimum absolute atomic E-state index is 0.100. The van der Waals surface area contributed by atoms with Crippen molar-refractivity contribution >= 4 is 22.8 Å². The zero-order valence-corrected chi connectivity index (χ0v) is 18.3. The first-order chi connectivity index (χ1) is 14.8. The Hall–Kier alpha value is -2.41. The van der Waals surface area contributed by atoms with Crippen molar-refractivity contribution in [3.8, 4) is 11.4 Å². The Morgan fingerprint density at radius 1 is 1.26 bits per heavy atom. The fourth-order valence-electron chi connectivity index (χ4n) is 3.89. The van der Waals surface area contributed by atoms with Crippen LogP contribution in [0.5, 0.6) is 0 Å². The largest absolute Gasteiger partial charge is 0.598 e. The Kier molecular flexibility index (Phi) is 6.32. The lowest BCUT2D eigenvalue weighted by Gasteiger charge is -2.45. The molecule has 0 bridgehead atoms. The predicted molar refractivity (Wildman–Crippen MR) is 114 cm³/mol. The number of imidazole rings is 1. The molecule has 3 atom stereocenters. The van der Waals surface area contributed by atoms with E-state index in [9.17, 15) is 13.3 Å². The van der Waals surface area contributed by atoms with E-state index in [-0.39, 0.29) is 17.8 Å². The molecule has 12 heteroatoms. The van der Waals surface area contributed by atoms with Gasteiger partial charge in [-0.2, -0.15) is 5.10 Å². The van der Waals surface area contributed by atoms with Crippen LogP contribution < -0.4 is 9.62 Å². The topological polar surface area (TPSA) is 97.5 Å². The number of hydrogen-bond acceptors (Lipinski definition) is 8. The van der Waals surface area contributed by atoms with E-state index in [1.165, 1.54) is 23.0 Å². The van der Waals surface area contributed by atoms with Gasteiger partial charge in [0.1, 0.15) is 29.8 Å². The zero-order valence-electron chi connectivity index (χ0n) is 17.4. The van der Waals surface area contributed by atoms with Gasteiger partial charge in [-0.15, -0.1) is 4.72 Å². The fourth-order valence-corrected chi connectivity index (χ4v) is 4.29. The number of nitrogens with zero attached hydrogens (tertiary/aromatic N) is 7. The summed E-state index contributed by atoms with van der Waals surface area (Å²) in [6, 6.07) is 4.85. The number of rotatable bonds is 6. The lowest BCUT2D eigenvalue weighted by atomic mass is 10.0. The number of anilines is 1. The van der Waals surface area contributed by atoms with Gasteiger partial charge in [0.15, 0.2) is 5.65 Å². The molecule has 1 aliphatic heterocycles. The third kappa shape index (κ3) is 4.47. The van der Waals surface area contributed by atoms with Gasteiger partial charge in [-0.25, -0.2) is 28.2 Å². The number of nitrogens with one attached hydrogen (secondary N) is 1. The third-order valence-corrected chi connectivity index (χ3v) is 6.19. The minimum Gasteiger partial charge on any atom is -0.598 e. The molecule has 1 saturated heterocycles. The number of hydrogen-bond donors (Lipinski definition) is 1. The van der Waals surface area contributed by atoms with E-state index >= 15 is 0 Å². The lowest BCUT2D eigenvalue weighted by Crippen LogP contribution is -2.60. The van der Waals surface area contributed by atoms with Crippen LogP contribution in [0, 0.1) is 0 Å². The molecule has 3 aromatic heterocycles. The normalized spacial score (nSPS) is 21.2. The zero-order chi connectivity index (χ0) is 22.1. The quantitative estimate of drug-likeness (QED) is 0.565. The number of fused-ring (bicyclic) bond motifs is 1. The average molecular weight is 451 g/mol. The molecule has 3 unspecified atom stereocenters. The van der Waals surface area contributed by atoms with Gasteiger partial charge in [-0.1, -0.05) is 0 Å². The maximum absolute atomic E-state index is 13.1. The molecule has 0 aliphatic carbocycles. The maximum atomic E-state index is 13.1. The van der Waals surface area contributed by atoms with Crippen molar-refractivity contribution in [1.82, 2.24) is 34.2 Å². The van der Waals surface area contributed by atoms with Gasteiger partial charge >= 0.3 is 0 Å². The van der Waals surface area contributed by atoms with Crippen molar-refractivity contribution in [3.63, 3.8) is 0 Å². The van der Waals surface area contributed by atoms with Crippen LogP contribution in [0.15, 0.2) is 30.7 Å². The van der Waals surface area contributed by atoms with Crippen LogP contribution in [-0.2, 0) is 11.4 Å². The Bertz CT molecular complexity index is 1050. The number of aromatic nitrogens is 5. The second-order valence-corrected chi connectivity index (χ2v) is 8.72. The Balaban J connectivity index is 1.64. The summed E-state index contributed by atoms with van der Waals surface area (Å²) in [5.74, 6) is 0.730. The molecule has 0 spiro atoms. The summed E-state index contributed by atoms with van der Waals surface area (Å²) in [5, 5.41) is 4.02. The van der Waals surface area contributed by atoms with E-state index < -0.39 is 17.8 Å². The van der Waals surface area contributed by atoms with Crippen molar-refractivity contribution in [2.75, 3.05) is 37.8 Å². The minimum atomic E-state index is -2.67. The molecule has 1 N–H and O–H groups in total. The SMILES string of the molecule is CC1C(CN[S+](C)[O-])N(C)CCN1c1cc(-c2cnc3ccc(C(F)F)nn23)ncn1. The van der Waals surface area contributed by atoms with Gasteiger partial charge in [-0.3, -0.25) is 4.90 Å². The first-order valence-corrected chi connectivity index (χ1v) is 11.4. The highest BCUT2D eigenvalue weighted by molar-refractivity contribution is 7.88. The van der Waals surface area contributed by atoms with Gasteiger partial charge in [0.05, 0.1) is 18.4 Å². The first-order valence-electron chi connectivity index (χ1n) is 9.84. The Morgan fingerprint density at radius 3 is 2.81 bits per heavy atom. The van der Waals surface area contributed by atoms with Gasteiger partial charge < -0.3 is 9.45 Å². The van der Waals surface area contributed by atoms with Crippen molar-refractivity contribution < 1.29 is 13.3 Å². The summed E-state index contributed by atoms with van der Waals surface area (Å²) in [6.07, 6.45) is 1.97. The van der Waals surface area contributed by atoms with Gasteiger partial charge in [0.25, 0.3) is 6.43 Å². The molecule has 0 aromatic carbocycles. The first kappa shape index (κ1) is 21.8. The highest BCUT2D eigenvalue weighted by Gasteiger charge is 2.33. The van der Waals surface area contributed by atoms with E-state index in [0.717, 1.165) is 18.9 Å². The molecule has 0 saturated carbocycles. The van der Waals surface area contributed by atoms with Crippen molar-refractivity contribution in [2.24, 2.45) is 0 Å². The van der Waals surface area contributed by atoms with Crippen LogP contribution in [0.1, 0.15) is 19.0 Å². The number of likely N-dealkylation sites (N-methyl/N-ethyl adjacent to an activating group) is 1. The molecule has 1 fully saturated rings. The monoisotopic (exact) mass is 450 g/mol. The summed E-state index contributed by atoms with van der Waals surface area (Å²) in [7, 11) is 2.05. The average Bonchev–Trinajstić information content (AvgIpc) is 3.17. The van der Waals surface area contributed by atoms with E-state index in [1.807, 2.05) is 6.07 Å². The van der Waals surface area contributed by atoms with Crippen molar-refractivity contribution in [2.45, 2.75) is 25.4 Å². The Morgan fingerprint density at radius 2 is 2.06 bits per heavy atom. The second kappa shape index (κ2) is 8.99. The van der Waals surface area contributed by atoms with Crippen molar-refractivity contribution in [1.29, 1.82) is 0 Å². The number of piperazine rings is 1. The molecule has 0 amide bonds. The smallest absolute Gasteiger partial charge is 0.282 e. The Labute approximate surface area is 181 Å². The van der Waals surface area contributed by atoms with Crippen LogP contribution in [0.25, 0.3) is 17.0 Å². The summed E-state index contributed by atoms with van der Waals surface area (Å²) in [4.78, 5) is 17.5. The standard InChI is InChI=1S/C19H24F2N8OS/c1-12-15(10-25-31(3)30)27(2)6-7-28(12)18-8-14(23-11-24-18)16-9-22-17-5-4-13(19(20)21)26-29(16)17/h4-5,8-9,11-12,15,19,25H,6-7,10H2,1-3H3. The summed E-state index contributed by atoms with van der Waals surface area (Å²) in [6.45, 7) is 4.28. The van der Waals surface area contributed by atoms with E-state index in [4.69, 9.17) is 0 Å². The molecular formula is C19H24F2N8OS. The van der Waals surface area contributed by atoms with Crippen LogP contribution in [-0.4, -0.2) is 79.0 Å². The highest BCUT2D eigenvalue weighted by atomic mass is 32.2. The third-order valence-electron chi connectivity index (χ3n) is 5.62. The molecule has 0 radical (unpaired) electrons. The summed E-state index contributed by atoms with van der Waals surface area (Å²) < 4.78 is 42.1. The number of alkyl halides is 2. The van der Waals surface area contributed by atoms with Gasteiger partial charge in [0, 0.05) is 42.6 Å². The van der Waals surface area contributed by atoms with E-state index in [1.54, 1.807) is 12.5 Å². The molecule has 9 nitrogen and oxygen atoms in total. The predicted octanol–water partition coefficient (Wildman–Crippen LogP) is 1.52. The number of halogens is 2. The van der Waals surface area contributed by atoms with Crippen LogP contribution in [0.4, 0.5) is 14.6 Å². The molecule has 31 heavy (non-hydrogen) atoms. The molecule has 166 valence electrons. The lowest BCUT2D eigenvalue weighted by molar-refractivity contribution is 0.144. The van der Waals surface area contributed by atoms with Crippen molar-refractivity contribution in [3.05, 3.63) is 36.4 Å². The van der Waals surface area contributed by atoms with Crippen LogP contribution in [0.2, 0.25) is 0 Å². The molecule has 1 aliphatic rings.